The second kappa shape index (κ2) is 29.7. The molecule has 0 bridgehead atoms. The molecule has 0 spiro atoms. The number of unbranched alkanes of at least 4 members (excludes halogenated alkanes) is 2. The van der Waals surface area contributed by atoms with Gasteiger partial charge in [-0.25, -0.2) is 0 Å². The summed E-state index contributed by atoms with van der Waals surface area (Å²) >= 11 is 0. The van der Waals surface area contributed by atoms with Crippen LogP contribution >= 0.6 is 0 Å². The number of rotatable bonds is 18. The van der Waals surface area contributed by atoms with E-state index in [4.69, 9.17) is 0 Å². The molecule has 0 aliphatic rings. The quantitative estimate of drug-likeness (QED) is 0.115. The lowest BCUT2D eigenvalue weighted by molar-refractivity contribution is 0.636. The number of aryl methyl sites for hydroxylation is 1. The molecule has 3 aromatic carbocycles. The Hall–Kier alpha value is -4.75. The average Bonchev–Trinajstić information content (AvgIpc) is 3.22. The Morgan fingerprint density at radius 1 is 0.648 bits per heavy atom. The molecular weight excluding hydrogens is 656 g/mol. The van der Waals surface area contributed by atoms with Gasteiger partial charge in [0.15, 0.2) is 0 Å². The van der Waals surface area contributed by atoms with Crippen molar-refractivity contribution in [2.75, 3.05) is 7.18 Å². The summed E-state index contributed by atoms with van der Waals surface area (Å²) < 4.78 is 9.50. The van der Waals surface area contributed by atoms with E-state index in [9.17, 15) is 4.39 Å². The maximum absolute atomic E-state index is 9.50. The van der Waals surface area contributed by atoms with Crippen LogP contribution in [0.2, 0.25) is 0 Å². The zero-order chi connectivity index (χ0) is 40.0. The Morgan fingerprint density at radius 2 is 1.26 bits per heavy atom. The highest BCUT2D eigenvalue weighted by atomic mass is 19.1. The van der Waals surface area contributed by atoms with Gasteiger partial charge in [0.2, 0.25) is 0 Å². The zero-order valence-corrected chi connectivity index (χ0v) is 35.0. The molecule has 1 atom stereocenters. The van der Waals surface area contributed by atoms with E-state index < -0.39 is 0 Å². The van der Waals surface area contributed by atoms with Gasteiger partial charge in [0.1, 0.15) is 0 Å². The predicted octanol–water partition coefficient (Wildman–Crippen LogP) is 16.6. The molecule has 54 heavy (non-hydrogen) atoms. The van der Waals surface area contributed by atoms with Crippen molar-refractivity contribution in [3.63, 3.8) is 0 Å². The van der Waals surface area contributed by atoms with Crippen LogP contribution in [0.4, 0.5) is 4.39 Å². The van der Waals surface area contributed by atoms with Gasteiger partial charge in [-0.3, -0.25) is 4.39 Å². The van der Waals surface area contributed by atoms with Crippen LogP contribution in [0.15, 0.2) is 164 Å². The van der Waals surface area contributed by atoms with E-state index in [0.29, 0.717) is 13.1 Å². The molecule has 0 aliphatic heterocycles. The van der Waals surface area contributed by atoms with Crippen LogP contribution in [0.3, 0.4) is 0 Å². The first kappa shape index (κ1) is 47.3. The van der Waals surface area contributed by atoms with Gasteiger partial charge < -0.3 is 0 Å². The summed E-state index contributed by atoms with van der Waals surface area (Å²) in [6, 6.07) is 26.5. The number of benzene rings is 3. The molecule has 0 radical (unpaired) electrons. The van der Waals surface area contributed by atoms with Crippen LogP contribution in [0.1, 0.15) is 133 Å². The zero-order valence-electron chi connectivity index (χ0n) is 35.0. The van der Waals surface area contributed by atoms with Crippen molar-refractivity contribution in [3.8, 4) is 0 Å². The van der Waals surface area contributed by atoms with Crippen molar-refractivity contribution in [1.29, 1.82) is 0 Å². The van der Waals surface area contributed by atoms with E-state index in [1.807, 2.05) is 19.1 Å². The SMILES string of the molecule is C=C/C=C\C(C)=C(/C)c1ccccc1[C@H](CCC)c1ccccc1/C(C)=C/C=C\C=C\CCC.CF.C\C=C/C=C\C(=C/CCC)c1ccccc1CC. The van der Waals surface area contributed by atoms with Gasteiger partial charge in [-0.2, -0.15) is 0 Å². The number of allylic oxidation sites excluding steroid dienone is 17. The largest absolute Gasteiger partial charge is 0.255 e. The lowest BCUT2D eigenvalue weighted by Gasteiger charge is -2.24. The van der Waals surface area contributed by atoms with E-state index in [0.717, 1.165) is 32.1 Å². The fraction of sp³-hybridized carbons (Fsp3) is 0.321. The van der Waals surface area contributed by atoms with Crippen molar-refractivity contribution in [2.45, 2.75) is 106 Å². The third-order valence-corrected chi connectivity index (χ3v) is 9.25. The number of halogens is 1. The van der Waals surface area contributed by atoms with Gasteiger partial charge in [-0.15, -0.1) is 0 Å². The van der Waals surface area contributed by atoms with Crippen LogP contribution < -0.4 is 0 Å². The van der Waals surface area contributed by atoms with E-state index in [1.165, 1.54) is 68.5 Å². The monoisotopic (exact) mass is 725 g/mol. The van der Waals surface area contributed by atoms with Crippen LogP contribution in [-0.4, -0.2) is 7.18 Å². The van der Waals surface area contributed by atoms with Crippen LogP contribution in [0, 0.1) is 0 Å². The third kappa shape index (κ3) is 16.5. The molecule has 1 heteroatoms. The lowest BCUT2D eigenvalue weighted by atomic mass is 9.80. The maximum Gasteiger partial charge on any atom is 0.0785 e. The molecule has 0 fully saturated rings. The first-order valence-electron chi connectivity index (χ1n) is 20.0. The molecule has 0 aromatic heterocycles. The Balaban J connectivity index is 0.000000613. The minimum atomic E-state index is 0.348. The minimum Gasteiger partial charge on any atom is -0.255 e. The summed E-state index contributed by atoms with van der Waals surface area (Å²) in [7, 11) is 0.500. The smallest absolute Gasteiger partial charge is 0.0785 e. The number of hydrogen-bond acceptors (Lipinski definition) is 0. The molecule has 0 unspecified atom stereocenters. The van der Waals surface area contributed by atoms with Gasteiger partial charge in [-0.05, 0) is 109 Å². The van der Waals surface area contributed by atoms with Gasteiger partial charge in [0.05, 0.1) is 7.18 Å². The summed E-state index contributed by atoms with van der Waals surface area (Å²) in [5, 5.41) is 0. The van der Waals surface area contributed by atoms with Crippen LogP contribution in [0.5, 0.6) is 0 Å². The van der Waals surface area contributed by atoms with E-state index >= 15 is 0 Å². The fourth-order valence-electron chi connectivity index (χ4n) is 6.26. The van der Waals surface area contributed by atoms with Crippen molar-refractivity contribution in [3.05, 3.63) is 197 Å². The Kier molecular flexibility index (Phi) is 26.0. The van der Waals surface area contributed by atoms with Gasteiger partial charge in [0.25, 0.3) is 0 Å². The van der Waals surface area contributed by atoms with Crippen molar-refractivity contribution in [2.24, 2.45) is 0 Å². The predicted molar refractivity (Wildman–Crippen MR) is 244 cm³/mol. The molecule has 0 N–H and O–H groups in total. The topological polar surface area (TPSA) is 0 Å². The van der Waals surface area contributed by atoms with Crippen molar-refractivity contribution >= 4 is 16.7 Å². The summed E-state index contributed by atoms with van der Waals surface area (Å²) in [5.41, 5.74) is 13.5. The fourth-order valence-corrected chi connectivity index (χ4v) is 6.26. The first-order chi connectivity index (χ1) is 26.4. The Labute approximate surface area is 330 Å². The normalized spacial score (nSPS) is 13.3. The third-order valence-electron chi connectivity index (χ3n) is 9.25. The van der Waals surface area contributed by atoms with Gasteiger partial charge in [-0.1, -0.05) is 205 Å². The standard InChI is InChI=1S/C34H42.C18H24.CH3F/c1-7-10-12-13-14-15-22-28(5)30-23-16-18-25-33(30)32(20-9-3)34-26-19-17-24-31(34)29(6)27(4)21-11-8-2;1-4-7-9-14-17(12-8-5-2)18-15-11-10-13-16(18)6-3;1-2/h8,11-19,21-26,32H,2,7,9-10,20H2,1,3-6H3;4,7,9-15H,5-6,8H2,1-3H3;1H3/b13-12+,15-14-,21-11-,28-22+,29-27+;7-4-,14-9-,17-12+;/t32-;;/m1../s1. The van der Waals surface area contributed by atoms with E-state index in [1.54, 1.807) is 0 Å². The molecule has 288 valence electrons. The highest BCUT2D eigenvalue weighted by Gasteiger charge is 2.20. The molecule has 3 rings (SSSR count). The molecule has 0 aliphatic carbocycles. The average molecular weight is 725 g/mol. The van der Waals surface area contributed by atoms with E-state index in [2.05, 4.69) is 195 Å². The van der Waals surface area contributed by atoms with Crippen LogP contribution in [0.25, 0.3) is 16.7 Å². The number of hydrogen-bond donors (Lipinski definition) is 0. The second-order valence-electron chi connectivity index (χ2n) is 13.2. The highest BCUT2D eigenvalue weighted by molar-refractivity contribution is 5.76. The molecular formula is C53H69F. The molecule has 0 saturated carbocycles. The molecule has 0 saturated heterocycles. The summed E-state index contributed by atoms with van der Waals surface area (Å²) in [6.45, 7) is 21.4. The van der Waals surface area contributed by atoms with Gasteiger partial charge in [0, 0.05) is 5.92 Å². The highest BCUT2D eigenvalue weighted by Crippen LogP contribution is 2.38. The molecule has 0 nitrogen and oxygen atoms in total. The van der Waals surface area contributed by atoms with Crippen molar-refractivity contribution < 1.29 is 4.39 Å². The molecule has 3 aromatic rings. The molecule has 0 heterocycles. The van der Waals surface area contributed by atoms with Gasteiger partial charge >= 0.3 is 0 Å². The summed E-state index contributed by atoms with van der Waals surface area (Å²) in [6.07, 6.45) is 35.7. The van der Waals surface area contributed by atoms with E-state index in [-0.39, 0.29) is 0 Å². The van der Waals surface area contributed by atoms with Crippen LogP contribution in [-0.2, 0) is 6.42 Å². The summed E-state index contributed by atoms with van der Waals surface area (Å²) in [5.74, 6) is 0.348. The first-order valence-corrected chi connectivity index (χ1v) is 20.0. The van der Waals surface area contributed by atoms with Crippen molar-refractivity contribution in [1.82, 2.24) is 0 Å². The second-order valence-corrected chi connectivity index (χ2v) is 13.2. The maximum atomic E-state index is 9.50. The lowest BCUT2D eigenvalue weighted by Crippen LogP contribution is -2.07. The Morgan fingerprint density at radius 3 is 1.87 bits per heavy atom. The summed E-state index contributed by atoms with van der Waals surface area (Å²) in [4.78, 5) is 0. The Bertz CT molecular complexity index is 1750. The minimum absolute atomic E-state index is 0.348. The molecule has 0 amide bonds. The number of alkyl halides is 1.